The van der Waals surface area contributed by atoms with Gasteiger partial charge in [0.25, 0.3) is 0 Å². The first-order chi connectivity index (χ1) is 12.0. The Morgan fingerprint density at radius 1 is 1.31 bits per heavy atom. The van der Waals surface area contributed by atoms with E-state index in [1.54, 1.807) is 4.90 Å². The normalized spacial score (nSPS) is 21.8. The van der Waals surface area contributed by atoms with Crippen molar-refractivity contribution < 1.29 is 24.2 Å². The van der Waals surface area contributed by atoms with Gasteiger partial charge in [-0.1, -0.05) is 20.3 Å². The molecule has 2 N–H and O–H groups in total. The van der Waals surface area contributed by atoms with Crippen LogP contribution in [0.2, 0.25) is 0 Å². The molecule has 7 heteroatoms. The Bertz CT molecular complexity index is 501. The number of aliphatic carboxylic acids is 1. The summed E-state index contributed by atoms with van der Waals surface area (Å²) in [5, 5.41) is 12.4. The zero-order valence-electron chi connectivity index (χ0n) is 16.7. The zero-order valence-corrected chi connectivity index (χ0v) is 16.7. The van der Waals surface area contributed by atoms with Crippen LogP contribution in [0.5, 0.6) is 0 Å². The number of hydrogen-bond acceptors (Lipinski definition) is 4. The third kappa shape index (κ3) is 7.22. The number of unbranched alkanes of at least 4 members (excludes halogenated alkanes) is 1. The average Bonchev–Trinajstić information content (AvgIpc) is 2.51. The van der Waals surface area contributed by atoms with Gasteiger partial charge in [-0.2, -0.15) is 0 Å². The lowest BCUT2D eigenvalue weighted by Gasteiger charge is -2.39. The fraction of sp³-hybridized carbons (Fsp3) is 0.842. The number of carboxylic acids is 1. The van der Waals surface area contributed by atoms with Crippen molar-refractivity contribution in [1.29, 1.82) is 0 Å². The van der Waals surface area contributed by atoms with Crippen molar-refractivity contribution in [1.82, 2.24) is 10.2 Å². The van der Waals surface area contributed by atoms with Crippen LogP contribution in [0.25, 0.3) is 0 Å². The van der Waals surface area contributed by atoms with Crippen molar-refractivity contribution in [3.8, 4) is 0 Å². The molecule has 3 unspecified atom stereocenters. The fourth-order valence-electron chi connectivity index (χ4n) is 3.35. The van der Waals surface area contributed by atoms with E-state index in [0.717, 1.165) is 12.8 Å². The molecule has 7 nitrogen and oxygen atoms in total. The third-order valence-corrected chi connectivity index (χ3v) is 4.72. The maximum atomic E-state index is 12.2. The number of carbonyl (C=O) groups excluding carboxylic acids is 2. The Morgan fingerprint density at radius 2 is 1.96 bits per heavy atom. The highest BCUT2D eigenvalue weighted by Crippen LogP contribution is 2.32. The lowest BCUT2D eigenvalue weighted by molar-refractivity contribution is -0.147. The van der Waals surface area contributed by atoms with Crippen LogP contribution in [0.1, 0.15) is 60.3 Å². The molecule has 1 heterocycles. The van der Waals surface area contributed by atoms with Crippen LogP contribution < -0.4 is 5.32 Å². The smallest absolute Gasteiger partial charge is 0.410 e. The number of likely N-dealkylation sites (tertiary alicyclic amines) is 1. The zero-order chi connectivity index (χ0) is 19.9. The Morgan fingerprint density at radius 3 is 2.46 bits per heavy atom. The predicted octanol–water partition coefficient (Wildman–Crippen LogP) is 2.89. The molecule has 0 aromatic carbocycles. The third-order valence-electron chi connectivity index (χ3n) is 4.72. The number of nitrogens with zero attached hydrogens (tertiary/aromatic N) is 1. The molecule has 0 radical (unpaired) electrons. The van der Waals surface area contributed by atoms with Gasteiger partial charge in [0.05, 0.1) is 5.92 Å². The number of hydrogen-bond donors (Lipinski definition) is 2. The minimum absolute atomic E-state index is 0.0131. The van der Waals surface area contributed by atoms with E-state index < -0.39 is 17.5 Å². The summed E-state index contributed by atoms with van der Waals surface area (Å²) in [5.41, 5.74) is -0.558. The first kappa shape index (κ1) is 22.3. The standard InChI is InChI=1S/C19H34N2O5/c1-6-7-9-20-16(22)11-15(17(23)24)14-8-10-21(12-13(14)2)18(25)26-19(3,4)5/h13-15H,6-12H2,1-5H3,(H,20,22)(H,23,24). The first-order valence-electron chi connectivity index (χ1n) is 9.52. The molecule has 1 aliphatic heterocycles. The molecular weight excluding hydrogens is 336 g/mol. The molecule has 0 aromatic rings. The molecule has 2 amide bonds. The van der Waals surface area contributed by atoms with Crippen LogP contribution in [-0.2, 0) is 14.3 Å². The van der Waals surface area contributed by atoms with Gasteiger partial charge in [0, 0.05) is 26.1 Å². The maximum Gasteiger partial charge on any atom is 0.410 e. The van der Waals surface area contributed by atoms with E-state index in [1.807, 2.05) is 34.6 Å². The first-order valence-corrected chi connectivity index (χ1v) is 9.52. The molecule has 26 heavy (non-hydrogen) atoms. The van der Waals surface area contributed by atoms with Gasteiger partial charge in [0.15, 0.2) is 0 Å². The second-order valence-corrected chi connectivity index (χ2v) is 8.21. The van der Waals surface area contributed by atoms with Gasteiger partial charge in [0.1, 0.15) is 5.60 Å². The number of piperidine rings is 1. The van der Waals surface area contributed by atoms with Crippen molar-refractivity contribution in [3.63, 3.8) is 0 Å². The Balaban J connectivity index is 2.65. The molecule has 3 atom stereocenters. The molecule has 1 rings (SSSR count). The van der Waals surface area contributed by atoms with E-state index in [4.69, 9.17) is 4.74 Å². The van der Waals surface area contributed by atoms with E-state index in [9.17, 15) is 19.5 Å². The topological polar surface area (TPSA) is 95.9 Å². The Kier molecular flexibility index (Phi) is 8.37. The van der Waals surface area contributed by atoms with Gasteiger partial charge in [-0.25, -0.2) is 4.79 Å². The summed E-state index contributed by atoms with van der Waals surface area (Å²) in [6, 6.07) is 0. The van der Waals surface area contributed by atoms with Crippen molar-refractivity contribution in [2.24, 2.45) is 17.8 Å². The number of ether oxygens (including phenoxy) is 1. The summed E-state index contributed by atoms with van der Waals surface area (Å²) < 4.78 is 5.39. The molecule has 0 aliphatic carbocycles. The number of amides is 2. The average molecular weight is 370 g/mol. The second kappa shape index (κ2) is 9.78. The van der Waals surface area contributed by atoms with Crippen molar-refractivity contribution in [2.45, 2.75) is 65.9 Å². The largest absolute Gasteiger partial charge is 0.481 e. The van der Waals surface area contributed by atoms with Gasteiger partial charge >= 0.3 is 12.1 Å². The molecule has 0 spiro atoms. The number of carboxylic acid groups (broad SMARTS) is 1. The van der Waals surface area contributed by atoms with Crippen LogP contribution in [0.4, 0.5) is 4.79 Å². The van der Waals surface area contributed by atoms with Crippen LogP contribution in [0, 0.1) is 17.8 Å². The van der Waals surface area contributed by atoms with Gasteiger partial charge in [0.2, 0.25) is 5.91 Å². The van der Waals surface area contributed by atoms with E-state index >= 15 is 0 Å². The summed E-state index contributed by atoms with van der Waals surface area (Å²) >= 11 is 0. The quantitative estimate of drug-likeness (QED) is 0.672. The highest BCUT2D eigenvalue weighted by molar-refractivity contribution is 5.82. The summed E-state index contributed by atoms with van der Waals surface area (Å²) in [5.74, 6) is -2.04. The lowest BCUT2D eigenvalue weighted by Crippen LogP contribution is -2.48. The molecule has 1 fully saturated rings. The lowest BCUT2D eigenvalue weighted by atomic mass is 9.76. The maximum absolute atomic E-state index is 12.2. The van der Waals surface area contributed by atoms with Crippen molar-refractivity contribution >= 4 is 18.0 Å². The monoisotopic (exact) mass is 370 g/mol. The SMILES string of the molecule is CCCCNC(=O)CC(C(=O)O)C1CCN(C(=O)OC(C)(C)C)CC1C. The van der Waals surface area contributed by atoms with E-state index in [-0.39, 0.29) is 30.3 Å². The summed E-state index contributed by atoms with van der Waals surface area (Å²) in [6.45, 7) is 10.9. The predicted molar refractivity (Wildman–Crippen MR) is 98.7 cm³/mol. The van der Waals surface area contributed by atoms with Crippen LogP contribution in [-0.4, -0.2) is 53.2 Å². The number of nitrogens with one attached hydrogen (secondary N) is 1. The van der Waals surface area contributed by atoms with Crippen molar-refractivity contribution in [3.05, 3.63) is 0 Å². The molecular formula is C19H34N2O5. The van der Waals surface area contributed by atoms with Gasteiger partial charge < -0.3 is 20.1 Å². The Hall–Kier alpha value is -1.79. The number of carbonyl (C=O) groups is 3. The molecule has 0 saturated carbocycles. The van der Waals surface area contributed by atoms with Crippen molar-refractivity contribution in [2.75, 3.05) is 19.6 Å². The molecule has 1 saturated heterocycles. The Labute approximate surface area is 156 Å². The molecule has 1 aliphatic rings. The minimum Gasteiger partial charge on any atom is -0.481 e. The van der Waals surface area contributed by atoms with E-state index in [2.05, 4.69) is 5.32 Å². The highest BCUT2D eigenvalue weighted by atomic mass is 16.6. The summed E-state index contributed by atoms with van der Waals surface area (Å²) in [6.07, 6.45) is 2.03. The number of rotatable bonds is 7. The van der Waals surface area contributed by atoms with Gasteiger partial charge in [-0.3, -0.25) is 9.59 Å². The summed E-state index contributed by atoms with van der Waals surface area (Å²) in [7, 11) is 0. The fourth-order valence-corrected chi connectivity index (χ4v) is 3.35. The highest BCUT2D eigenvalue weighted by Gasteiger charge is 2.39. The summed E-state index contributed by atoms with van der Waals surface area (Å²) in [4.78, 5) is 37.6. The molecule has 0 aromatic heterocycles. The van der Waals surface area contributed by atoms with E-state index in [0.29, 0.717) is 26.1 Å². The van der Waals surface area contributed by atoms with E-state index in [1.165, 1.54) is 0 Å². The van der Waals surface area contributed by atoms with Crippen LogP contribution in [0.3, 0.4) is 0 Å². The molecule has 150 valence electrons. The van der Waals surface area contributed by atoms with Gasteiger partial charge in [-0.05, 0) is 45.4 Å². The van der Waals surface area contributed by atoms with Crippen LogP contribution in [0.15, 0.2) is 0 Å². The minimum atomic E-state index is -0.946. The van der Waals surface area contributed by atoms with Crippen LogP contribution >= 0.6 is 0 Å². The van der Waals surface area contributed by atoms with Gasteiger partial charge in [-0.15, -0.1) is 0 Å². The second-order valence-electron chi connectivity index (χ2n) is 8.21. The molecule has 0 bridgehead atoms.